The van der Waals surface area contributed by atoms with Crippen molar-refractivity contribution in [2.24, 2.45) is 7.05 Å². The minimum Gasteiger partial charge on any atom is -0.326 e. The van der Waals surface area contributed by atoms with E-state index in [9.17, 15) is 0 Å². The Morgan fingerprint density at radius 2 is 1.04 bits per heavy atom. The van der Waals surface area contributed by atoms with E-state index in [-0.39, 0.29) is 0 Å². The van der Waals surface area contributed by atoms with E-state index in [1.165, 1.54) is 54.6 Å². The summed E-state index contributed by atoms with van der Waals surface area (Å²) in [6.45, 7) is 4.34. The molecule has 0 aliphatic carbocycles. The highest BCUT2D eigenvalue weighted by molar-refractivity contribution is 6.23. The van der Waals surface area contributed by atoms with Crippen LogP contribution in [0.25, 0.3) is 77.5 Å². The number of benzene rings is 6. The van der Waals surface area contributed by atoms with Crippen molar-refractivity contribution in [1.82, 2.24) is 14.5 Å². The SMILES string of the molecule is CCc1nc(-c2cccc(-c3c4ccccc4c(-c4cccc5ccccc45)c4ccccc34)n2)n(C)c1-c1ccccc1C. The standard InChI is InChI=1S/C42H33N3/c1-4-36-41(29-18-7-5-15-27(29)2)45(3)42(44-36)38-26-14-25-37(43-38)40-34-22-11-9-20-32(34)39(33-21-10-12-23-35(33)40)31-24-13-17-28-16-6-8-19-30(28)31/h5-26H,4H2,1-3H3. The molecule has 45 heavy (non-hydrogen) atoms. The third-order valence-electron chi connectivity index (χ3n) is 9.13. The van der Waals surface area contributed by atoms with Crippen molar-refractivity contribution in [1.29, 1.82) is 0 Å². The van der Waals surface area contributed by atoms with E-state index < -0.39 is 0 Å². The van der Waals surface area contributed by atoms with E-state index in [1.54, 1.807) is 0 Å². The fourth-order valence-corrected chi connectivity index (χ4v) is 7.04. The number of fused-ring (bicyclic) bond motifs is 3. The molecule has 2 aromatic heterocycles. The summed E-state index contributed by atoms with van der Waals surface area (Å²) in [6, 6.07) is 47.7. The molecule has 0 fully saturated rings. The molecule has 0 unspecified atom stereocenters. The van der Waals surface area contributed by atoms with E-state index in [1.807, 2.05) is 0 Å². The van der Waals surface area contributed by atoms with E-state index >= 15 is 0 Å². The second-order valence-corrected chi connectivity index (χ2v) is 11.7. The smallest absolute Gasteiger partial charge is 0.159 e. The Balaban J connectivity index is 1.38. The third kappa shape index (κ3) is 4.35. The average Bonchev–Trinajstić information content (AvgIpc) is 3.43. The summed E-state index contributed by atoms with van der Waals surface area (Å²) in [5, 5.41) is 7.34. The van der Waals surface area contributed by atoms with Gasteiger partial charge in [0.2, 0.25) is 0 Å². The number of hydrogen-bond donors (Lipinski definition) is 0. The van der Waals surface area contributed by atoms with Crippen molar-refractivity contribution in [2.45, 2.75) is 20.3 Å². The molecule has 8 aromatic rings. The van der Waals surface area contributed by atoms with Crippen LogP contribution in [-0.4, -0.2) is 14.5 Å². The maximum absolute atomic E-state index is 5.35. The van der Waals surface area contributed by atoms with Crippen molar-refractivity contribution in [2.75, 3.05) is 0 Å². The van der Waals surface area contributed by atoms with E-state index in [2.05, 4.69) is 159 Å². The molecule has 0 amide bonds. The molecule has 8 rings (SSSR count). The highest BCUT2D eigenvalue weighted by Crippen LogP contribution is 2.45. The summed E-state index contributed by atoms with van der Waals surface area (Å²) in [7, 11) is 2.11. The number of imidazole rings is 1. The zero-order valence-corrected chi connectivity index (χ0v) is 25.8. The predicted octanol–water partition coefficient (Wildman–Crippen LogP) is 10.8. The maximum Gasteiger partial charge on any atom is 0.159 e. The fraction of sp³-hybridized carbons (Fsp3) is 0.0952. The third-order valence-corrected chi connectivity index (χ3v) is 9.13. The number of rotatable bonds is 5. The van der Waals surface area contributed by atoms with Crippen LogP contribution in [0.5, 0.6) is 0 Å². The first kappa shape index (κ1) is 27.0. The normalized spacial score (nSPS) is 11.5. The second-order valence-electron chi connectivity index (χ2n) is 11.7. The van der Waals surface area contributed by atoms with Gasteiger partial charge < -0.3 is 4.57 Å². The average molecular weight is 580 g/mol. The van der Waals surface area contributed by atoms with E-state index in [4.69, 9.17) is 9.97 Å². The van der Waals surface area contributed by atoms with Gasteiger partial charge >= 0.3 is 0 Å². The minimum absolute atomic E-state index is 0.849. The van der Waals surface area contributed by atoms with Crippen LogP contribution in [0, 0.1) is 6.92 Å². The first-order chi connectivity index (χ1) is 22.1. The zero-order chi connectivity index (χ0) is 30.5. The monoisotopic (exact) mass is 579 g/mol. The van der Waals surface area contributed by atoms with Gasteiger partial charge in [-0.05, 0) is 74.5 Å². The number of hydrogen-bond acceptors (Lipinski definition) is 2. The topological polar surface area (TPSA) is 30.7 Å². The van der Waals surface area contributed by atoms with Gasteiger partial charge in [-0.25, -0.2) is 9.97 Å². The Labute approximate surface area is 263 Å². The number of aromatic nitrogens is 3. The lowest BCUT2D eigenvalue weighted by Gasteiger charge is -2.18. The first-order valence-corrected chi connectivity index (χ1v) is 15.6. The molecule has 3 heteroatoms. The second kappa shape index (κ2) is 10.9. The molecule has 0 spiro atoms. The van der Waals surface area contributed by atoms with E-state index in [0.717, 1.165) is 40.6 Å². The van der Waals surface area contributed by atoms with Gasteiger partial charge in [0.15, 0.2) is 5.82 Å². The fourth-order valence-electron chi connectivity index (χ4n) is 7.04. The quantitative estimate of drug-likeness (QED) is 0.190. The van der Waals surface area contributed by atoms with Gasteiger partial charge in [0, 0.05) is 18.2 Å². The molecular weight excluding hydrogens is 546 g/mol. The minimum atomic E-state index is 0.849. The van der Waals surface area contributed by atoms with Gasteiger partial charge in [-0.2, -0.15) is 0 Å². The van der Waals surface area contributed by atoms with Gasteiger partial charge in [-0.15, -0.1) is 0 Å². The van der Waals surface area contributed by atoms with Crippen molar-refractivity contribution in [3.8, 4) is 45.2 Å². The lowest BCUT2D eigenvalue weighted by Crippen LogP contribution is -1.99. The summed E-state index contributed by atoms with van der Waals surface area (Å²) >= 11 is 0. The Hall–Kier alpha value is -5.54. The molecule has 0 saturated carbocycles. The number of aryl methyl sites for hydroxylation is 2. The van der Waals surface area contributed by atoms with Crippen LogP contribution < -0.4 is 0 Å². The van der Waals surface area contributed by atoms with Gasteiger partial charge in [0.25, 0.3) is 0 Å². The molecule has 6 aromatic carbocycles. The Morgan fingerprint density at radius 3 is 1.73 bits per heavy atom. The lowest BCUT2D eigenvalue weighted by molar-refractivity contribution is 0.923. The van der Waals surface area contributed by atoms with Crippen LogP contribution in [0.1, 0.15) is 18.2 Å². The molecule has 0 aliphatic heterocycles. The van der Waals surface area contributed by atoms with Crippen molar-refractivity contribution in [3.05, 3.63) is 145 Å². The van der Waals surface area contributed by atoms with Crippen molar-refractivity contribution >= 4 is 32.3 Å². The number of pyridine rings is 1. The highest BCUT2D eigenvalue weighted by Gasteiger charge is 2.21. The summed E-state index contributed by atoms with van der Waals surface area (Å²) in [4.78, 5) is 10.5. The Bertz CT molecular complexity index is 2330. The molecule has 0 radical (unpaired) electrons. The number of nitrogens with zero attached hydrogens (tertiary/aromatic N) is 3. The highest BCUT2D eigenvalue weighted by atomic mass is 15.1. The van der Waals surface area contributed by atoms with Crippen LogP contribution in [-0.2, 0) is 13.5 Å². The summed E-state index contributed by atoms with van der Waals surface area (Å²) in [6.07, 6.45) is 0.849. The molecule has 3 nitrogen and oxygen atoms in total. The molecule has 0 saturated heterocycles. The van der Waals surface area contributed by atoms with Crippen molar-refractivity contribution < 1.29 is 0 Å². The van der Waals surface area contributed by atoms with Crippen LogP contribution in [0.4, 0.5) is 0 Å². The zero-order valence-electron chi connectivity index (χ0n) is 25.8. The predicted molar refractivity (Wildman–Crippen MR) is 189 cm³/mol. The molecule has 2 heterocycles. The van der Waals surface area contributed by atoms with Crippen LogP contribution in [0.2, 0.25) is 0 Å². The summed E-state index contributed by atoms with van der Waals surface area (Å²) in [5.74, 6) is 0.882. The van der Waals surface area contributed by atoms with Gasteiger partial charge in [-0.3, -0.25) is 0 Å². The van der Waals surface area contributed by atoms with Gasteiger partial charge in [0.05, 0.1) is 17.1 Å². The van der Waals surface area contributed by atoms with Crippen LogP contribution in [0.15, 0.2) is 133 Å². The molecule has 0 aliphatic rings. The molecule has 0 N–H and O–H groups in total. The van der Waals surface area contributed by atoms with Gasteiger partial charge in [-0.1, -0.05) is 128 Å². The molecule has 0 atom stereocenters. The molecule has 0 bridgehead atoms. The summed E-state index contributed by atoms with van der Waals surface area (Å²) in [5.41, 5.74) is 10.2. The lowest BCUT2D eigenvalue weighted by atomic mass is 9.86. The van der Waals surface area contributed by atoms with Crippen LogP contribution in [0.3, 0.4) is 0 Å². The largest absolute Gasteiger partial charge is 0.326 e. The van der Waals surface area contributed by atoms with Crippen LogP contribution >= 0.6 is 0 Å². The van der Waals surface area contributed by atoms with E-state index in [0.29, 0.717) is 0 Å². The maximum atomic E-state index is 5.35. The summed E-state index contributed by atoms with van der Waals surface area (Å²) < 4.78 is 2.22. The molecule has 216 valence electrons. The first-order valence-electron chi connectivity index (χ1n) is 15.6. The molecular formula is C42H33N3. The Morgan fingerprint density at radius 1 is 0.511 bits per heavy atom. The van der Waals surface area contributed by atoms with Crippen molar-refractivity contribution in [3.63, 3.8) is 0 Å². The Kier molecular flexibility index (Phi) is 6.53. The van der Waals surface area contributed by atoms with Gasteiger partial charge in [0.1, 0.15) is 5.69 Å².